The van der Waals surface area contributed by atoms with Gasteiger partial charge >= 0.3 is 7.80 Å². The Morgan fingerprint density at radius 1 is 0.600 bits per heavy atom. The first-order valence-electron chi connectivity index (χ1n) is 15.6. The Kier molecular flexibility index (Phi) is 8.28. The lowest BCUT2D eigenvalue weighted by Crippen LogP contribution is -2.24. The van der Waals surface area contributed by atoms with E-state index in [1.807, 2.05) is 54.6 Å². The highest BCUT2D eigenvalue weighted by Crippen LogP contribution is 2.49. The zero-order chi connectivity index (χ0) is 32.7. The number of rotatable bonds is 7. The second-order valence-electron chi connectivity index (χ2n) is 12.0. The van der Waals surface area contributed by atoms with E-state index in [-0.39, 0.29) is 0 Å². The van der Waals surface area contributed by atoms with E-state index in [9.17, 15) is 5.94 Å². The van der Waals surface area contributed by atoms with Crippen molar-refractivity contribution in [3.05, 3.63) is 137 Å². The molecule has 1 aromatic heterocycles. The second-order valence-corrected chi connectivity index (χ2v) is 17.5. The van der Waals surface area contributed by atoms with E-state index in [1.54, 1.807) is 13.3 Å². The molecule has 1 heterocycles. The van der Waals surface area contributed by atoms with Gasteiger partial charge in [0.25, 0.3) is 0 Å². The third kappa shape index (κ3) is 5.82. The summed E-state index contributed by atoms with van der Waals surface area (Å²) < 4.78 is 38.2. The molecule has 0 saturated heterocycles. The zero-order valence-corrected chi connectivity index (χ0v) is 29.1. The fourth-order valence-corrected chi connectivity index (χ4v) is 11.3. The molecule has 0 aliphatic rings. The largest absolute Gasteiger partial charge is 0.418 e. The Hall–Kier alpha value is -3.87. The molecule has 2 nitrogen and oxygen atoms in total. The Labute approximate surface area is 273 Å². The van der Waals surface area contributed by atoms with Crippen molar-refractivity contribution >= 4 is 42.2 Å². The van der Waals surface area contributed by atoms with Gasteiger partial charge in [0.15, 0.2) is 0 Å². The molecule has 0 aliphatic heterocycles. The van der Waals surface area contributed by atoms with Gasteiger partial charge in [-0.25, -0.2) is 0 Å². The quantitative estimate of drug-likeness (QED) is 0.162. The highest BCUT2D eigenvalue weighted by Gasteiger charge is 2.39. The van der Waals surface area contributed by atoms with Crippen LogP contribution in [0.25, 0.3) is 43.8 Å². The van der Waals surface area contributed by atoms with E-state index in [0.29, 0.717) is 26.8 Å². The summed E-state index contributed by atoms with van der Waals surface area (Å²) >= 11 is 1.38. The maximum Gasteiger partial charge on any atom is 0.418 e. The van der Waals surface area contributed by atoms with Crippen LogP contribution in [0.15, 0.2) is 115 Å². The van der Waals surface area contributed by atoms with E-state index in [4.69, 9.17) is 0 Å². The monoisotopic (exact) mass is 644 g/mol. The van der Waals surface area contributed by atoms with Crippen molar-refractivity contribution in [3.63, 3.8) is 0 Å². The molecule has 45 heavy (non-hydrogen) atoms. The summed E-state index contributed by atoms with van der Waals surface area (Å²) in [5, 5.41) is 2.18. The molecule has 0 N–H and O–H groups in total. The first-order valence-corrected chi connectivity index (χ1v) is 19.7. The molecule has 224 valence electrons. The summed E-state index contributed by atoms with van der Waals surface area (Å²) in [6.07, 6.45) is 0. The van der Waals surface area contributed by atoms with Crippen LogP contribution in [-0.2, 0) is 9.13 Å². The number of aryl methyl sites for hydroxylation is 4. The molecule has 5 aromatic carbocycles. The molecular weight excluding hydrogens is 606 g/mol. The molecule has 0 aliphatic carbocycles. The van der Waals surface area contributed by atoms with Crippen LogP contribution < -0.4 is 15.9 Å². The molecule has 1 atom stereocenters. The molecule has 1 unspecified atom stereocenters. The molecule has 5 heteroatoms. The van der Waals surface area contributed by atoms with Gasteiger partial charge in [-0.2, -0.15) is 0 Å². The molecule has 0 fully saturated rings. The number of hydrogen-bond acceptors (Lipinski definition) is 3. The van der Waals surface area contributed by atoms with Gasteiger partial charge in [0.1, 0.15) is 7.14 Å². The van der Waals surface area contributed by atoms with E-state index in [1.165, 1.54) is 11.3 Å². The van der Waals surface area contributed by atoms with Crippen LogP contribution in [-0.4, -0.2) is 13.3 Å². The summed E-state index contributed by atoms with van der Waals surface area (Å²) in [4.78, 5) is 0.817. The van der Waals surface area contributed by atoms with Crippen molar-refractivity contribution in [3.8, 4) is 43.8 Å². The van der Waals surface area contributed by atoms with Crippen LogP contribution in [0.1, 0.15) is 23.6 Å². The fourth-order valence-electron chi connectivity index (χ4n) is 6.38. The van der Waals surface area contributed by atoms with Crippen LogP contribution >= 0.6 is 26.3 Å². The predicted octanol–water partition coefficient (Wildman–Crippen LogP) is 10.7. The average molecular weight is 645 g/mol. The highest BCUT2D eigenvalue weighted by molar-refractivity contribution is 7.73. The molecule has 6 rings (SSSR count). The molecule has 0 spiro atoms. The smallest absolute Gasteiger partial charge is 0.319 e. The molecule has 0 radical (unpaired) electrons. The molecule has 0 saturated carbocycles. The molecular formula is C40H37O2P2S+. The lowest BCUT2D eigenvalue weighted by molar-refractivity contribution is 0.588. The number of hydrogen-bond donors (Lipinski definition) is 0. The minimum absolute atomic E-state index is 0.358. The van der Waals surface area contributed by atoms with Gasteiger partial charge in [-0.3, -0.25) is 0 Å². The fraction of sp³-hybridized carbons (Fsp3) is 0.150. The first-order chi connectivity index (χ1) is 22.0. The SMILES string of the molecule is [2H]c1sc(-c2c(-c3c(C)cccc3C)cccc2-c2c(C)cccc2C)c([P+](=O)c2ccccc2P(C)(C)=O)c1-c1ccccc1. The van der Waals surface area contributed by atoms with Gasteiger partial charge in [-0.15, -0.1) is 11.3 Å². The summed E-state index contributed by atoms with van der Waals surface area (Å²) in [5.74, 6) is 0. The van der Waals surface area contributed by atoms with Crippen LogP contribution in [0.2, 0.25) is 0 Å². The van der Waals surface area contributed by atoms with Crippen LogP contribution in [0.4, 0.5) is 0 Å². The van der Waals surface area contributed by atoms with E-state index in [0.717, 1.165) is 60.5 Å². The van der Waals surface area contributed by atoms with Gasteiger partial charge in [0.05, 0.1) is 11.6 Å². The first kappa shape index (κ1) is 29.8. The minimum Gasteiger partial charge on any atom is -0.319 e. The summed E-state index contributed by atoms with van der Waals surface area (Å²) in [6, 6.07) is 36.4. The standard InChI is InChI=1S/C40H37O2P2S/c1-26-15-12-16-27(2)36(26)31-21-14-22-32(37-28(3)17-13-18-29(37)4)38(31)40-39(33(25-45-40)30-19-8-7-9-20-30)43(41)34-23-10-11-24-35(34)44(5,6)42/h7-25H,1-6H3/q+1/i25D. The Morgan fingerprint density at radius 2 is 1.09 bits per heavy atom. The third-order valence-corrected chi connectivity index (χ3v) is 12.9. The van der Waals surface area contributed by atoms with Crippen LogP contribution in [0.5, 0.6) is 0 Å². The summed E-state index contributed by atoms with van der Waals surface area (Å²) in [6.45, 7) is 12.0. The topological polar surface area (TPSA) is 34.1 Å². The Bertz CT molecular complexity index is 2070. The van der Waals surface area contributed by atoms with Crippen molar-refractivity contribution in [1.82, 2.24) is 0 Å². The van der Waals surface area contributed by atoms with Crippen molar-refractivity contribution in [1.29, 1.82) is 0 Å². The lowest BCUT2D eigenvalue weighted by atomic mass is 9.85. The normalized spacial score (nSPS) is 12.2. The zero-order valence-electron chi connectivity index (χ0n) is 27.5. The maximum atomic E-state index is 15.2. The number of benzene rings is 5. The van der Waals surface area contributed by atoms with Crippen molar-refractivity contribution in [2.24, 2.45) is 0 Å². The van der Waals surface area contributed by atoms with Crippen LogP contribution in [0, 0.1) is 27.7 Å². The van der Waals surface area contributed by atoms with E-state index >= 15 is 4.57 Å². The van der Waals surface area contributed by atoms with Gasteiger partial charge in [0, 0.05) is 16.5 Å². The van der Waals surface area contributed by atoms with Crippen LogP contribution in [0.3, 0.4) is 0 Å². The number of thiophene rings is 1. The van der Waals surface area contributed by atoms with E-state index in [2.05, 4.69) is 82.3 Å². The lowest BCUT2D eigenvalue weighted by Gasteiger charge is -2.20. The Morgan fingerprint density at radius 3 is 1.62 bits per heavy atom. The molecule has 0 amide bonds. The maximum absolute atomic E-state index is 15.2. The Balaban J connectivity index is 1.80. The predicted molar refractivity (Wildman–Crippen MR) is 197 cm³/mol. The highest BCUT2D eigenvalue weighted by atomic mass is 32.1. The summed E-state index contributed by atoms with van der Waals surface area (Å²) in [7, 11) is -5.01. The van der Waals surface area contributed by atoms with Crippen molar-refractivity contribution in [2.45, 2.75) is 27.7 Å². The molecule has 0 bridgehead atoms. The minimum atomic E-state index is -2.77. The summed E-state index contributed by atoms with van der Waals surface area (Å²) in [5.41, 5.74) is 11.5. The van der Waals surface area contributed by atoms with Gasteiger partial charge in [-0.1, -0.05) is 102 Å². The van der Waals surface area contributed by atoms with Gasteiger partial charge in [0.2, 0.25) is 10.6 Å². The van der Waals surface area contributed by atoms with E-state index < -0.39 is 14.9 Å². The van der Waals surface area contributed by atoms with Gasteiger partial charge < -0.3 is 4.57 Å². The molecule has 6 aromatic rings. The third-order valence-electron chi connectivity index (χ3n) is 8.45. The van der Waals surface area contributed by atoms with Crippen molar-refractivity contribution < 1.29 is 10.5 Å². The van der Waals surface area contributed by atoms with Gasteiger partial charge in [-0.05, 0) is 103 Å². The second kappa shape index (κ2) is 12.5. The average Bonchev–Trinajstić information content (AvgIpc) is 3.37. The van der Waals surface area contributed by atoms with Crippen molar-refractivity contribution in [2.75, 3.05) is 13.3 Å².